The number of unbranched alkanes of at least 4 members (excludes halogenated alkanes) is 27. The molecule has 0 radical (unpaired) electrons. The molecule has 0 saturated carbocycles. The van der Waals surface area contributed by atoms with E-state index >= 15 is 0 Å². The summed E-state index contributed by atoms with van der Waals surface area (Å²) in [5, 5.41) is 9.45. The van der Waals surface area contributed by atoms with Crippen LogP contribution >= 0.6 is 0 Å². The van der Waals surface area contributed by atoms with Crippen LogP contribution in [0.4, 0.5) is 0 Å². The first kappa shape index (κ1) is 38.9. The topological polar surface area (TPSA) is 63.6 Å². The highest BCUT2D eigenvalue weighted by atomic mass is 16.6. The number of carboxylic acids is 1. The minimum atomic E-state index is -1.00. The van der Waals surface area contributed by atoms with Gasteiger partial charge in [-0.2, -0.15) is 0 Å². The molecule has 0 aliphatic carbocycles. The molecule has 0 bridgehead atoms. The van der Waals surface area contributed by atoms with E-state index in [1.807, 2.05) is 0 Å². The Labute approximate surface area is 250 Å². The molecule has 1 atom stereocenters. The van der Waals surface area contributed by atoms with E-state index in [9.17, 15) is 14.7 Å². The van der Waals surface area contributed by atoms with Crippen molar-refractivity contribution in [2.75, 3.05) is 0 Å². The Kier molecular flexibility index (Phi) is 31.6. The number of rotatable bonds is 33. The summed E-state index contributed by atoms with van der Waals surface area (Å²) in [6.45, 7) is 4.53. The molecule has 0 aromatic heterocycles. The predicted octanol–water partition coefficient (Wildman–Crippen LogP) is 12.1. The first-order valence-electron chi connectivity index (χ1n) is 18.0. The van der Waals surface area contributed by atoms with Crippen LogP contribution in [-0.4, -0.2) is 23.1 Å². The highest BCUT2D eigenvalue weighted by Gasteiger charge is 2.21. The molecule has 0 aliphatic rings. The van der Waals surface area contributed by atoms with Crippen molar-refractivity contribution in [3.63, 3.8) is 0 Å². The lowest BCUT2D eigenvalue weighted by molar-refractivity contribution is -0.164. The van der Waals surface area contributed by atoms with Crippen molar-refractivity contribution in [3.8, 4) is 0 Å². The van der Waals surface area contributed by atoms with Crippen molar-refractivity contribution in [1.29, 1.82) is 0 Å². The fourth-order valence-electron chi connectivity index (χ4n) is 5.62. The molecule has 0 aromatic rings. The molecule has 1 N–H and O–H groups in total. The summed E-state index contributed by atoms with van der Waals surface area (Å²) < 4.78 is 5.30. The van der Waals surface area contributed by atoms with Gasteiger partial charge >= 0.3 is 11.9 Å². The first-order chi connectivity index (χ1) is 19.6. The zero-order valence-electron chi connectivity index (χ0n) is 27.2. The number of esters is 1. The molecular weight excluding hydrogens is 496 g/mol. The van der Waals surface area contributed by atoms with Crippen LogP contribution in [0.25, 0.3) is 0 Å². The summed E-state index contributed by atoms with van der Waals surface area (Å²) in [7, 11) is 0. The lowest BCUT2D eigenvalue weighted by Gasteiger charge is -2.13. The number of ether oxygens (including phenoxy) is 1. The number of hydrogen-bond donors (Lipinski definition) is 1. The van der Waals surface area contributed by atoms with Crippen molar-refractivity contribution in [1.82, 2.24) is 0 Å². The van der Waals surface area contributed by atoms with Crippen molar-refractivity contribution < 1.29 is 19.4 Å². The van der Waals surface area contributed by atoms with Crippen molar-refractivity contribution in [3.05, 3.63) is 0 Å². The van der Waals surface area contributed by atoms with Gasteiger partial charge in [-0.15, -0.1) is 0 Å². The van der Waals surface area contributed by atoms with E-state index in [4.69, 9.17) is 4.74 Å². The van der Waals surface area contributed by atoms with E-state index in [2.05, 4.69) is 13.8 Å². The van der Waals surface area contributed by atoms with Gasteiger partial charge in [0.2, 0.25) is 0 Å². The third-order valence-corrected chi connectivity index (χ3v) is 8.35. The molecule has 0 spiro atoms. The average molecular weight is 567 g/mol. The number of aliphatic carboxylic acids is 1. The van der Waals surface area contributed by atoms with Crippen LogP contribution in [0.3, 0.4) is 0 Å². The van der Waals surface area contributed by atoms with Crippen LogP contribution < -0.4 is 0 Å². The molecule has 40 heavy (non-hydrogen) atoms. The second kappa shape index (κ2) is 32.5. The molecule has 238 valence electrons. The Balaban J connectivity index is 3.50. The van der Waals surface area contributed by atoms with Crippen molar-refractivity contribution >= 4 is 11.9 Å². The maximum absolute atomic E-state index is 12.1. The highest BCUT2D eigenvalue weighted by Crippen LogP contribution is 2.16. The molecule has 0 rings (SSSR count). The monoisotopic (exact) mass is 567 g/mol. The molecule has 0 aliphatic heterocycles. The fraction of sp³-hybridized carbons (Fsp3) is 0.944. The van der Waals surface area contributed by atoms with Crippen LogP contribution in [0.2, 0.25) is 0 Å². The predicted molar refractivity (Wildman–Crippen MR) is 172 cm³/mol. The number of hydrogen-bond acceptors (Lipinski definition) is 3. The number of carbonyl (C=O) groups excluding carboxylic acids is 1. The van der Waals surface area contributed by atoms with Crippen LogP contribution in [0.1, 0.15) is 213 Å². The van der Waals surface area contributed by atoms with E-state index in [0.29, 0.717) is 12.8 Å². The third kappa shape index (κ3) is 29.9. The van der Waals surface area contributed by atoms with Crippen LogP contribution in [-0.2, 0) is 14.3 Å². The highest BCUT2D eigenvalue weighted by molar-refractivity contribution is 5.77. The molecular formula is C36H70O4. The maximum Gasteiger partial charge on any atom is 0.345 e. The zero-order chi connectivity index (χ0) is 29.4. The molecule has 0 saturated heterocycles. The Morgan fingerprint density at radius 1 is 0.450 bits per heavy atom. The summed E-state index contributed by atoms with van der Waals surface area (Å²) in [5.41, 5.74) is 0. The van der Waals surface area contributed by atoms with E-state index in [1.54, 1.807) is 0 Å². The third-order valence-electron chi connectivity index (χ3n) is 8.35. The van der Waals surface area contributed by atoms with Gasteiger partial charge in [-0.1, -0.05) is 187 Å². The molecule has 4 nitrogen and oxygen atoms in total. The lowest BCUT2D eigenvalue weighted by atomic mass is 10.0. The van der Waals surface area contributed by atoms with E-state index in [1.165, 1.54) is 148 Å². The van der Waals surface area contributed by atoms with E-state index in [0.717, 1.165) is 38.5 Å². The molecule has 0 fully saturated rings. The van der Waals surface area contributed by atoms with Crippen LogP contribution in [0.5, 0.6) is 0 Å². The van der Waals surface area contributed by atoms with E-state index in [-0.39, 0.29) is 5.97 Å². The molecule has 1 unspecified atom stereocenters. The molecule has 0 aromatic carbocycles. The van der Waals surface area contributed by atoms with Gasteiger partial charge in [0, 0.05) is 6.42 Å². The summed E-state index contributed by atoms with van der Waals surface area (Å²) in [4.78, 5) is 23.7. The van der Waals surface area contributed by atoms with Gasteiger partial charge in [-0.3, -0.25) is 4.79 Å². The van der Waals surface area contributed by atoms with Gasteiger partial charge in [-0.25, -0.2) is 4.79 Å². The fourth-order valence-corrected chi connectivity index (χ4v) is 5.62. The van der Waals surface area contributed by atoms with E-state index < -0.39 is 12.1 Å². The smallest absolute Gasteiger partial charge is 0.345 e. The number of carbonyl (C=O) groups is 2. The Morgan fingerprint density at radius 3 is 1.02 bits per heavy atom. The zero-order valence-corrected chi connectivity index (χ0v) is 27.2. The lowest BCUT2D eigenvalue weighted by Crippen LogP contribution is -2.27. The molecule has 4 heteroatoms. The standard InChI is InChI=1S/C36H70O4/c1-3-5-7-9-11-13-15-16-17-18-19-20-21-23-24-26-28-30-32-34(36(38)39)40-35(37)33-31-29-27-25-22-14-12-10-8-6-4-2/h34H,3-33H2,1-2H3,(H,38,39). The largest absolute Gasteiger partial charge is 0.479 e. The minimum Gasteiger partial charge on any atom is -0.479 e. The summed E-state index contributed by atoms with van der Waals surface area (Å²) >= 11 is 0. The molecule has 0 amide bonds. The summed E-state index contributed by atoms with van der Waals surface area (Å²) in [5.74, 6) is -1.34. The quantitative estimate of drug-likeness (QED) is 0.0633. The average Bonchev–Trinajstić information content (AvgIpc) is 2.94. The SMILES string of the molecule is CCCCCCCCCCCCCCCCCCCCC(OC(=O)CCCCCCCCCCCCC)C(=O)O. The van der Waals surface area contributed by atoms with Gasteiger partial charge in [-0.05, 0) is 19.3 Å². The normalized spacial score (nSPS) is 12.1. The summed E-state index contributed by atoms with van der Waals surface area (Å²) in [6, 6.07) is 0. The van der Waals surface area contributed by atoms with Crippen LogP contribution in [0.15, 0.2) is 0 Å². The Bertz CT molecular complexity index is 533. The Morgan fingerprint density at radius 2 is 0.725 bits per heavy atom. The minimum absolute atomic E-state index is 0.342. The maximum atomic E-state index is 12.1. The van der Waals surface area contributed by atoms with Crippen molar-refractivity contribution in [2.45, 2.75) is 219 Å². The van der Waals surface area contributed by atoms with Gasteiger partial charge < -0.3 is 9.84 Å². The van der Waals surface area contributed by atoms with Crippen LogP contribution in [0, 0.1) is 0 Å². The second-order valence-corrected chi connectivity index (χ2v) is 12.4. The van der Waals surface area contributed by atoms with Gasteiger partial charge in [0.25, 0.3) is 0 Å². The van der Waals surface area contributed by atoms with Gasteiger partial charge in [0.05, 0.1) is 0 Å². The number of carboxylic acid groups (broad SMARTS) is 1. The van der Waals surface area contributed by atoms with Crippen molar-refractivity contribution in [2.24, 2.45) is 0 Å². The van der Waals surface area contributed by atoms with Gasteiger partial charge in [0.1, 0.15) is 0 Å². The Hall–Kier alpha value is -1.06. The van der Waals surface area contributed by atoms with Gasteiger partial charge in [0.15, 0.2) is 6.10 Å². The second-order valence-electron chi connectivity index (χ2n) is 12.4. The molecule has 0 heterocycles. The summed E-state index contributed by atoms with van der Waals surface area (Å²) in [6.07, 6.45) is 37.1. The first-order valence-corrected chi connectivity index (χ1v) is 18.0.